The topological polar surface area (TPSA) is 54.2 Å². The van der Waals surface area contributed by atoms with Gasteiger partial charge in [-0.05, 0) is 37.8 Å². The van der Waals surface area contributed by atoms with Crippen molar-refractivity contribution in [3.63, 3.8) is 0 Å². The van der Waals surface area contributed by atoms with Crippen LogP contribution in [0.5, 0.6) is 0 Å². The van der Waals surface area contributed by atoms with Crippen LogP contribution in [0.3, 0.4) is 0 Å². The second-order valence-electron chi connectivity index (χ2n) is 6.26. The molecule has 0 saturated heterocycles. The highest BCUT2D eigenvalue weighted by molar-refractivity contribution is 5.79. The summed E-state index contributed by atoms with van der Waals surface area (Å²) >= 11 is 0. The fourth-order valence-corrected chi connectivity index (χ4v) is 2.62. The number of nitrogens with one attached hydrogen (secondary N) is 2. The number of fused-ring (bicyclic) bond motifs is 1. The largest absolute Gasteiger partial charge is 0.356 e. The maximum atomic E-state index is 4.61. The first-order valence-corrected chi connectivity index (χ1v) is 8.48. The summed E-state index contributed by atoms with van der Waals surface area (Å²) in [5.74, 6) is 2.67. The van der Waals surface area contributed by atoms with E-state index in [-0.39, 0.29) is 0 Å². The maximum absolute atomic E-state index is 4.61. The Bertz CT molecular complexity index is 642. The highest BCUT2D eigenvalue weighted by Gasteiger charge is 2.06. The zero-order valence-corrected chi connectivity index (χ0v) is 14.8. The van der Waals surface area contributed by atoms with Crippen molar-refractivity contribution in [3.8, 4) is 0 Å². The third-order valence-corrected chi connectivity index (χ3v) is 3.93. The maximum Gasteiger partial charge on any atom is 0.190 e. The van der Waals surface area contributed by atoms with Gasteiger partial charge in [-0.2, -0.15) is 0 Å². The van der Waals surface area contributed by atoms with Gasteiger partial charge >= 0.3 is 0 Å². The van der Waals surface area contributed by atoms with Gasteiger partial charge in [0.25, 0.3) is 0 Å². The molecular weight excluding hydrogens is 286 g/mol. The Labute approximate surface area is 139 Å². The molecule has 5 heteroatoms. The lowest BCUT2D eigenvalue weighted by molar-refractivity contribution is 0.570. The molecule has 126 valence electrons. The number of guanidine groups is 1. The molecular formula is C18H29N5. The van der Waals surface area contributed by atoms with Crippen LogP contribution < -0.4 is 10.6 Å². The minimum Gasteiger partial charge on any atom is -0.356 e. The summed E-state index contributed by atoms with van der Waals surface area (Å²) in [4.78, 5) is 8.87. The number of hydrogen-bond acceptors (Lipinski definition) is 2. The third kappa shape index (κ3) is 4.98. The van der Waals surface area contributed by atoms with Crippen molar-refractivity contribution < 1.29 is 0 Å². The number of aromatic nitrogens is 2. The van der Waals surface area contributed by atoms with Crippen LogP contribution in [0.25, 0.3) is 11.0 Å². The number of hydrogen-bond donors (Lipinski definition) is 2. The zero-order valence-electron chi connectivity index (χ0n) is 14.8. The van der Waals surface area contributed by atoms with Gasteiger partial charge in [0.1, 0.15) is 5.82 Å². The minimum absolute atomic E-state index is 0.707. The van der Waals surface area contributed by atoms with Crippen LogP contribution in [0.2, 0.25) is 0 Å². The number of aliphatic imine (C=N–C) groups is 1. The van der Waals surface area contributed by atoms with Gasteiger partial charge in [0, 0.05) is 26.7 Å². The Hall–Kier alpha value is -2.04. The number of para-hydroxylation sites is 2. The van der Waals surface area contributed by atoms with Gasteiger partial charge in [0.15, 0.2) is 5.96 Å². The van der Waals surface area contributed by atoms with E-state index >= 15 is 0 Å². The van der Waals surface area contributed by atoms with E-state index in [4.69, 9.17) is 0 Å². The quantitative estimate of drug-likeness (QED) is 0.469. The average Bonchev–Trinajstić information content (AvgIpc) is 2.85. The van der Waals surface area contributed by atoms with Gasteiger partial charge in [-0.3, -0.25) is 4.99 Å². The number of aryl methyl sites for hydroxylation is 2. The van der Waals surface area contributed by atoms with Crippen LogP contribution in [0.1, 0.15) is 32.5 Å². The molecule has 23 heavy (non-hydrogen) atoms. The molecule has 2 N–H and O–H groups in total. The molecule has 0 radical (unpaired) electrons. The second kappa shape index (κ2) is 8.56. The first-order valence-electron chi connectivity index (χ1n) is 8.48. The van der Waals surface area contributed by atoms with E-state index in [1.807, 2.05) is 13.1 Å². The van der Waals surface area contributed by atoms with E-state index < -0.39 is 0 Å². The van der Waals surface area contributed by atoms with Crippen molar-refractivity contribution in [2.45, 2.75) is 40.2 Å². The summed E-state index contributed by atoms with van der Waals surface area (Å²) in [6.07, 6.45) is 2.19. The van der Waals surface area contributed by atoms with E-state index in [1.165, 1.54) is 5.52 Å². The highest BCUT2D eigenvalue weighted by Crippen LogP contribution is 2.15. The van der Waals surface area contributed by atoms with Crippen molar-refractivity contribution in [2.75, 3.05) is 20.1 Å². The molecule has 5 nitrogen and oxygen atoms in total. The van der Waals surface area contributed by atoms with Crippen LogP contribution in [0.15, 0.2) is 29.3 Å². The molecule has 0 amide bonds. The molecule has 0 spiro atoms. The standard InChI is InChI=1S/C18H29N5/c1-14(2)10-12-21-18(19-4)20-11-7-13-23-15(3)22-16-8-5-6-9-17(16)23/h5-6,8-9,14H,7,10-13H2,1-4H3,(H2,19,20,21). The number of benzene rings is 1. The van der Waals surface area contributed by atoms with Gasteiger partial charge in [-0.25, -0.2) is 4.98 Å². The van der Waals surface area contributed by atoms with Crippen molar-refractivity contribution >= 4 is 17.0 Å². The Morgan fingerprint density at radius 3 is 2.70 bits per heavy atom. The predicted octanol–water partition coefficient (Wildman–Crippen LogP) is 2.95. The van der Waals surface area contributed by atoms with Crippen molar-refractivity contribution in [1.82, 2.24) is 20.2 Å². The van der Waals surface area contributed by atoms with E-state index in [0.717, 1.165) is 49.8 Å². The summed E-state index contributed by atoms with van der Waals surface area (Å²) in [5, 5.41) is 6.73. The number of nitrogens with zero attached hydrogens (tertiary/aromatic N) is 3. The van der Waals surface area contributed by atoms with E-state index in [2.05, 4.69) is 64.1 Å². The van der Waals surface area contributed by atoms with Crippen LogP contribution in [-0.2, 0) is 6.54 Å². The normalized spacial score (nSPS) is 12.1. The second-order valence-corrected chi connectivity index (χ2v) is 6.26. The molecule has 2 aromatic rings. The lowest BCUT2D eigenvalue weighted by Gasteiger charge is -2.13. The van der Waals surface area contributed by atoms with Crippen molar-refractivity contribution in [3.05, 3.63) is 30.1 Å². The summed E-state index contributed by atoms with van der Waals surface area (Å²) in [6, 6.07) is 8.30. The number of rotatable bonds is 7. The van der Waals surface area contributed by atoms with Crippen LogP contribution >= 0.6 is 0 Å². The SMILES string of the molecule is CN=C(NCCCn1c(C)nc2ccccc21)NCCC(C)C. The van der Waals surface area contributed by atoms with E-state index in [9.17, 15) is 0 Å². The lowest BCUT2D eigenvalue weighted by atomic mass is 10.1. The highest BCUT2D eigenvalue weighted by atomic mass is 15.2. The van der Waals surface area contributed by atoms with E-state index in [0.29, 0.717) is 5.92 Å². The molecule has 1 aromatic heterocycles. The van der Waals surface area contributed by atoms with Crippen LogP contribution in [-0.4, -0.2) is 35.6 Å². The monoisotopic (exact) mass is 315 g/mol. The Morgan fingerprint density at radius 2 is 1.96 bits per heavy atom. The molecule has 0 atom stereocenters. The molecule has 0 bridgehead atoms. The Balaban J connectivity index is 1.79. The molecule has 0 aliphatic rings. The van der Waals surface area contributed by atoms with Gasteiger partial charge in [-0.15, -0.1) is 0 Å². The molecule has 0 fully saturated rings. The van der Waals surface area contributed by atoms with Gasteiger partial charge < -0.3 is 15.2 Å². The molecule has 0 aliphatic carbocycles. The fourth-order valence-electron chi connectivity index (χ4n) is 2.62. The summed E-state index contributed by atoms with van der Waals surface area (Å²) < 4.78 is 2.28. The smallest absolute Gasteiger partial charge is 0.190 e. The van der Waals surface area contributed by atoms with Crippen LogP contribution in [0.4, 0.5) is 0 Å². The van der Waals surface area contributed by atoms with Gasteiger partial charge in [0.2, 0.25) is 0 Å². The fraction of sp³-hybridized carbons (Fsp3) is 0.556. The summed E-state index contributed by atoms with van der Waals surface area (Å²) in [6.45, 7) is 9.35. The summed E-state index contributed by atoms with van der Waals surface area (Å²) in [5.41, 5.74) is 2.29. The molecule has 2 rings (SSSR count). The minimum atomic E-state index is 0.707. The summed E-state index contributed by atoms with van der Waals surface area (Å²) in [7, 11) is 1.82. The predicted molar refractivity (Wildman–Crippen MR) is 97.9 cm³/mol. The first kappa shape index (κ1) is 17.3. The molecule has 0 aliphatic heterocycles. The lowest BCUT2D eigenvalue weighted by Crippen LogP contribution is -2.38. The Kier molecular flexibility index (Phi) is 6.44. The zero-order chi connectivity index (χ0) is 16.7. The first-order chi connectivity index (χ1) is 11.1. The molecule has 1 aromatic carbocycles. The molecule has 1 heterocycles. The molecule has 0 unspecified atom stereocenters. The van der Waals surface area contributed by atoms with Crippen molar-refractivity contribution in [2.24, 2.45) is 10.9 Å². The van der Waals surface area contributed by atoms with Gasteiger partial charge in [-0.1, -0.05) is 26.0 Å². The Morgan fingerprint density at radius 1 is 1.22 bits per heavy atom. The number of imidazole rings is 1. The average molecular weight is 315 g/mol. The van der Waals surface area contributed by atoms with Crippen LogP contribution in [0, 0.1) is 12.8 Å². The van der Waals surface area contributed by atoms with E-state index in [1.54, 1.807) is 0 Å². The van der Waals surface area contributed by atoms with Crippen molar-refractivity contribution in [1.29, 1.82) is 0 Å². The third-order valence-electron chi connectivity index (χ3n) is 3.93. The van der Waals surface area contributed by atoms with Gasteiger partial charge in [0.05, 0.1) is 11.0 Å². The molecule has 0 saturated carbocycles.